The molecule has 2 aliphatic rings. The van der Waals surface area contributed by atoms with Gasteiger partial charge in [-0.1, -0.05) is 60.7 Å². The van der Waals surface area contributed by atoms with E-state index in [-0.39, 0.29) is 5.54 Å². The Morgan fingerprint density at radius 1 is 1.09 bits per heavy atom. The second-order valence-electron chi connectivity index (χ2n) is 8.91. The molecule has 162 valence electrons. The Bertz CT molecular complexity index is 1240. The topological polar surface area (TPSA) is 37.4 Å². The summed E-state index contributed by atoms with van der Waals surface area (Å²) < 4.78 is 7.10. The van der Waals surface area contributed by atoms with Crippen molar-refractivity contribution < 1.29 is 4.74 Å². The van der Waals surface area contributed by atoms with Gasteiger partial charge in [0.2, 0.25) is 0 Å². The van der Waals surface area contributed by atoms with Crippen molar-refractivity contribution in [2.45, 2.75) is 30.8 Å². The zero-order valence-electron chi connectivity index (χ0n) is 18.3. The van der Waals surface area contributed by atoms with Crippen LogP contribution < -0.4 is 10.1 Å². The average molecular weight is 442 g/mol. The van der Waals surface area contributed by atoms with Crippen LogP contribution in [-0.4, -0.2) is 35.7 Å². The van der Waals surface area contributed by atoms with Crippen molar-refractivity contribution in [2.75, 3.05) is 20.3 Å². The number of thiazole rings is 1. The van der Waals surface area contributed by atoms with Gasteiger partial charge in [0.25, 0.3) is 0 Å². The first-order valence-corrected chi connectivity index (χ1v) is 12.1. The molecule has 1 aromatic heterocycles. The van der Waals surface area contributed by atoms with E-state index in [4.69, 9.17) is 9.72 Å². The highest BCUT2D eigenvalue weighted by molar-refractivity contribution is 7.21. The summed E-state index contributed by atoms with van der Waals surface area (Å²) in [6, 6.07) is 26.2. The lowest BCUT2D eigenvalue weighted by Gasteiger charge is -2.42. The summed E-state index contributed by atoms with van der Waals surface area (Å²) in [6.07, 6.45) is 3.34. The number of nitrogens with one attached hydrogen (secondary N) is 1. The number of methoxy groups -OCH3 is 1. The Balaban J connectivity index is 1.40. The van der Waals surface area contributed by atoms with Crippen molar-refractivity contribution in [2.24, 2.45) is 0 Å². The number of fused-ring (bicyclic) bond motifs is 3. The van der Waals surface area contributed by atoms with Gasteiger partial charge in [0.1, 0.15) is 10.8 Å². The van der Waals surface area contributed by atoms with Crippen LogP contribution in [0.3, 0.4) is 0 Å². The van der Waals surface area contributed by atoms with Crippen molar-refractivity contribution in [1.82, 2.24) is 15.2 Å². The van der Waals surface area contributed by atoms with Crippen LogP contribution in [0.1, 0.15) is 30.0 Å². The summed E-state index contributed by atoms with van der Waals surface area (Å²) in [5.41, 5.74) is 4.86. The van der Waals surface area contributed by atoms with Gasteiger partial charge in [-0.05, 0) is 36.5 Å². The molecule has 2 bridgehead atoms. The minimum Gasteiger partial charge on any atom is -0.496 e. The molecule has 3 heterocycles. The number of piperidine rings is 1. The van der Waals surface area contributed by atoms with E-state index in [0.717, 1.165) is 41.5 Å². The highest BCUT2D eigenvalue weighted by Gasteiger charge is 2.50. The molecule has 0 radical (unpaired) electrons. The first kappa shape index (κ1) is 19.9. The number of hydrogen-bond donors (Lipinski definition) is 1. The van der Waals surface area contributed by atoms with Gasteiger partial charge in [0.05, 0.1) is 23.4 Å². The Kier molecular flexibility index (Phi) is 4.98. The zero-order chi connectivity index (χ0) is 21.5. The molecule has 0 saturated carbocycles. The van der Waals surface area contributed by atoms with Crippen molar-refractivity contribution in [3.8, 4) is 16.3 Å². The smallest absolute Gasteiger partial charge is 0.124 e. The molecule has 0 aliphatic carbocycles. The third-order valence-electron chi connectivity index (χ3n) is 7.02. The van der Waals surface area contributed by atoms with Gasteiger partial charge >= 0.3 is 0 Å². The number of aromatic nitrogens is 1. The predicted molar refractivity (Wildman–Crippen MR) is 131 cm³/mol. The predicted octanol–water partition coefficient (Wildman–Crippen LogP) is 5.65. The lowest BCUT2D eigenvalue weighted by atomic mass is 9.75. The normalized spacial score (nSPS) is 24.7. The highest BCUT2D eigenvalue weighted by atomic mass is 32.1. The molecule has 2 aliphatic heterocycles. The Hall–Kier alpha value is -2.73. The van der Waals surface area contributed by atoms with E-state index in [1.54, 1.807) is 18.4 Å². The van der Waals surface area contributed by atoms with Gasteiger partial charge in [-0.2, -0.15) is 0 Å². The Morgan fingerprint density at radius 3 is 2.66 bits per heavy atom. The highest BCUT2D eigenvalue weighted by Crippen LogP contribution is 2.46. The summed E-state index contributed by atoms with van der Waals surface area (Å²) in [4.78, 5) is 7.50. The first-order valence-electron chi connectivity index (χ1n) is 11.3. The number of nitrogens with zero attached hydrogens (tertiary/aromatic N) is 2. The molecular formula is C27H27N3OS. The fraction of sp³-hybridized carbons (Fsp3) is 0.296. The molecule has 3 atom stereocenters. The van der Waals surface area contributed by atoms with Crippen molar-refractivity contribution in [3.05, 3.63) is 83.9 Å². The van der Waals surface area contributed by atoms with Crippen molar-refractivity contribution >= 4 is 21.6 Å². The monoisotopic (exact) mass is 441 g/mol. The summed E-state index contributed by atoms with van der Waals surface area (Å²) in [6.45, 7) is 2.10. The lowest BCUT2D eigenvalue weighted by Crippen LogP contribution is -2.49. The summed E-state index contributed by atoms with van der Waals surface area (Å²) >= 11 is 1.76. The van der Waals surface area contributed by atoms with Gasteiger partial charge < -0.3 is 4.74 Å². The lowest BCUT2D eigenvalue weighted by molar-refractivity contribution is 0.146. The van der Waals surface area contributed by atoms with Crippen LogP contribution in [0.4, 0.5) is 0 Å². The Labute approximate surface area is 192 Å². The van der Waals surface area contributed by atoms with Crippen molar-refractivity contribution in [3.63, 3.8) is 0 Å². The van der Waals surface area contributed by atoms with Crippen LogP contribution in [0, 0.1) is 0 Å². The summed E-state index contributed by atoms with van der Waals surface area (Å²) in [7, 11) is 1.77. The second kappa shape index (κ2) is 8.00. The van der Waals surface area contributed by atoms with Crippen LogP contribution in [0.15, 0.2) is 72.8 Å². The van der Waals surface area contributed by atoms with Gasteiger partial charge in [-0.25, -0.2) is 4.98 Å². The number of ether oxygens (including phenoxy) is 1. The fourth-order valence-corrected chi connectivity index (χ4v) is 6.63. The molecule has 2 saturated heterocycles. The third-order valence-corrected chi connectivity index (χ3v) is 8.09. The van der Waals surface area contributed by atoms with E-state index in [9.17, 15) is 0 Å². The first-order chi connectivity index (χ1) is 15.8. The quantitative estimate of drug-likeness (QED) is 0.434. The molecule has 3 aromatic carbocycles. The fourth-order valence-electron chi connectivity index (χ4n) is 5.61. The molecule has 3 unspecified atom stereocenters. The summed E-state index contributed by atoms with van der Waals surface area (Å²) in [5.74, 6) is 0.939. The average Bonchev–Trinajstić information content (AvgIpc) is 3.35. The molecular weight excluding hydrogens is 414 g/mol. The van der Waals surface area contributed by atoms with Crippen molar-refractivity contribution in [1.29, 1.82) is 0 Å². The third kappa shape index (κ3) is 3.32. The molecule has 0 spiro atoms. The van der Waals surface area contributed by atoms with Crippen LogP contribution in [-0.2, 0) is 6.42 Å². The standard InChI is InChI=1S/C27H27N3OS/c1-31-23-16-22-24(32-26(29-22)20-11-6-3-7-12-20)15-21(23)17-27-13-8-14-30(18-28-27)25(27)19-9-4-2-5-10-19/h2-7,9-12,15-16,25,28H,8,13-14,17-18H2,1H3. The van der Waals surface area contributed by atoms with E-state index in [1.807, 2.05) is 6.07 Å². The molecule has 1 N–H and O–H groups in total. The molecule has 6 rings (SSSR count). The largest absolute Gasteiger partial charge is 0.496 e. The zero-order valence-corrected chi connectivity index (χ0v) is 19.1. The number of benzene rings is 3. The Morgan fingerprint density at radius 2 is 1.88 bits per heavy atom. The molecule has 4 aromatic rings. The molecule has 5 heteroatoms. The molecule has 4 nitrogen and oxygen atoms in total. The minimum atomic E-state index is 0.0213. The van der Waals surface area contributed by atoms with E-state index in [1.165, 1.54) is 28.7 Å². The van der Waals surface area contributed by atoms with Gasteiger partial charge in [-0.15, -0.1) is 11.3 Å². The van der Waals surface area contributed by atoms with E-state index in [0.29, 0.717) is 6.04 Å². The number of hydrogen-bond acceptors (Lipinski definition) is 5. The van der Waals surface area contributed by atoms with Crippen LogP contribution in [0.25, 0.3) is 20.8 Å². The van der Waals surface area contributed by atoms with Crippen LogP contribution in [0.5, 0.6) is 5.75 Å². The van der Waals surface area contributed by atoms with Gasteiger partial charge in [0.15, 0.2) is 0 Å². The van der Waals surface area contributed by atoms with Crippen LogP contribution >= 0.6 is 11.3 Å². The maximum atomic E-state index is 5.88. The maximum absolute atomic E-state index is 5.88. The van der Waals surface area contributed by atoms with E-state index < -0.39 is 0 Å². The number of rotatable bonds is 5. The molecule has 0 amide bonds. The van der Waals surface area contributed by atoms with Gasteiger partial charge in [0, 0.05) is 30.4 Å². The summed E-state index contributed by atoms with van der Waals surface area (Å²) in [5, 5.41) is 4.98. The van der Waals surface area contributed by atoms with E-state index in [2.05, 4.69) is 76.9 Å². The maximum Gasteiger partial charge on any atom is 0.124 e. The molecule has 32 heavy (non-hydrogen) atoms. The van der Waals surface area contributed by atoms with E-state index >= 15 is 0 Å². The molecule has 2 fully saturated rings. The van der Waals surface area contributed by atoms with Gasteiger partial charge in [-0.3, -0.25) is 10.2 Å². The SMILES string of the molecule is COc1cc2nc(-c3ccccc3)sc2cc1CC12CCCN(CN1)C2c1ccccc1. The minimum absolute atomic E-state index is 0.0213. The second-order valence-corrected chi connectivity index (χ2v) is 9.94. The van der Waals surface area contributed by atoms with Crippen LogP contribution in [0.2, 0.25) is 0 Å².